The van der Waals surface area contributed by atoms with Crippen molar-refractivity contribution in [3.05, 3.63) is 29.8 Å². The van der Waals surface area contributed by atoms with Gasteiger partial charge in [0.1, 0.15) is 0 Å². The molecule has 1 aromatic carbocycles. The Bertz CT molecular complexity index is 640. The molecular weight excluding hydrogens is 356 g/mol. The van der Waals surface area contributed by atoms with Crippen molar-refractivity contribution >= 4 is 17.6 Å². The van der Waals surface area contributed by atoms with E-state index in [-0.39, 0.29) is 17.9 Å². The van der Waals surface area contributed by atoms with Gasteiger partial charge >= 0.3 is 5.97 Å². The molecule has 28 heavy (non-hydrogen) atoms. The Morgan fingerprint density at radius 3 is 2.54 bits per heavy atom. The molecule has 0 radical (unpaired) electrons. The van der Waals surface area contributed by atoms with Crippen molar-refractivity contribution in [1.29, 1.82) is 0 Å². The number of ether oxygens (including phenoxy) is 2. The second-order valence-electron chi connectivity index (χ2n) is 7.83. The summed E-state index contributed by atoms with van der Waals surface area (Å²) < 4.78 is 10.1. The van der Waals surface area contributed by atoms with Gasteiger partial charge in [-0.3, -0.25) is 4.79 Å². The number of esters is 1. The molecule has 1 saturated heterocycles. The summed E-state index contributed by atoms with van der Waals surface area (Å²) >= 11 is 0. The van der Waals surface area contributed by atoms with Gasteiger partial charge in [0.25, 0.3) is 0 Å². The maximum absolute atomic E-state index is 12.8. The second-order valence-corrected chi connectivity index (χ2v) is 7.83. The fourth-order valence-corrected chi connectivity index (χ4v) is 4.44. The van der Waals surface area contributed by atoms with Crippen LogP contribution >= 0.6 is 0 Å². The summed E-state index contributed by atoms with van der Waals surface area (Å²) in [6.07, 6.45) is 8.16. The van der Waals surface area contributed by atoms with Gasteiger partial charge in [-0.05, 0) is 49.1 Å². The number of amides is 1. The van der Waals surface area contributed by atoms with Crippen LogP contribution in [-0.2, 0) is 14.3 Å². The monoisotopic (exact) mass is 388 g/mol. The first-order valence-corrected chi connectivity index (χ1v) is 10.5. The predicted molar refractivity (Wildman–Crippen MR) is 108 cm³/mol. The van der Waals surface area contributed by atoms with Crippen LogP contribution in [0.3, 0.4) is 0 Å². The van der Waals surface area contributed by atoms with Crippen LogP contribution in [0.5, 0.6) is 0 Å². The molecule has 1 amide bonds. The van der Waals surface area contributed by atoms with Crippen LogP contribution in [0, 0.1) is 11.8 Å². The zero-order chi connectivity index (χ0) is 19.8. The minimum Gasteiger partial charge on any atom is -0.462 e. The van der Waals surface area contributed by atoms with E-state index in [2.05, 4.69) is 10.6 Å². The summed E-state index contributed by atoms with van der Waals surface area (Å²) in [5.74, 6) is 0.767. The summed E-state index contributed by atoms with van der Waals surface area (Å²) in [6, 6.07) is 6.78. The number of carbonyl (C=O) groups excluding carboxylic acids is 2. The van der Waals surface area contributed by atoms with E-state index in [4.69, 9.17) is 9.47 Å². The molecule has 2 N–H and O–H groups in total. The van der Waals surface area contributed by atoms with Gasteiger partial charge in [0.2, 0.25) is 5.91 Å². The summed E-state index contributed by atoms with van der Waals surface area (Å²) in [7, 11) is 1.62. The normalized spacial score (nSPS) is 22.8. The number of benzene rings is 1. The number of carbonyl (C=O) groups is 2. The van der Waals surface area contributed by atoms with Gasteiger partial charge in [-0.1, -0.05) is 32.1 Å². The van der Waals surface area contributed by atoms with Crippen molar-refractivity contribution in [1.82, 2.24) is 5.32 Å². The van der Waals surface area contributed by atoms with Crippen LogP contribution in [0.25, 0.3) is 0 Å². The van der Waals surface area contributed by atoms with Crippen LogP contribution in [-0.4, -0.2) is 44.8 Å². The van der Waals surface area contributed by atoms with Gasteiger partial charge in [-0.2, -0.15) is 0 Å². The van der Waals surface area contributed by atoms with Crippen molar-refractivity contribution in [2.45, 2.75) is 51.0 Å². The van der Waals surface area contributed by atoms with Gasteiger partial charge in [0, 0.05) is 25.8 Å². The molecule has 2 unspecified atom stereocenters. The highest BCUT2D eigenvalue weighted by Crippen LogP contribution is 2.36. The Kier molecular flexibility index (Phi) is 7.86. The van der Waals surface area contributed by atoms with Crippen LogP contribution in [0.4, 0.5) is 5.69 Å². The molecule has 154 valence electrons. The SMILES string of the molecule is COCCCOC(=O)c1ccc(NC(=O)C2NCCC2C2CCCCC2)cc1. The number of nitrogens with one attached hydrogen (secondary N) is 2. The van der Waals surface area contributed by atoms with Crippen LogP contribution < -0.4 is 10.6 Å². The van der Waals surface area contributed by atoms with Gasteiger partial charge < -0.3 is 20.1 Å². The molecule has 2 aliphatic rings. The summed E-state index contributed by atoms with van der Waals surface area (Å²) in [5, 5.41) is 6.40. The molecule has 1 aliphatic carbocycles. The van der Waals surface area contributed by atoms with E-state index >= 15 is 0 Å². The summed E-state index contributed by atoms with van der Waals surface area (Å²) in [6.45, 7) is 1.81. The first kappa shape index (κ1) is 20.8. The number of hydrogen-bond acceptors (Lipinski definition) is 5. The van der Waals surface area contributed by atoms with Gasteiger partial charge in [0.05, 0.1) is 18.2 Å². The predicted octanol–water partition coefficient (Wildman–Crippen LogP) is 3.38. The van der Waals surface area contributed by atoms with Crippen molar-refractivity contribution in [2.75, 3.05) is 32.2 Å². The molecule has 0 aromatic heterocycles. The minimum absolute atomic E-state index is 0.0305. The highest BCUT2D eigenvalue weighted by Gasteiger charge is 2.38. The standard InChI is InChI=1S/C22H32N2O4/c1-27-14-5-15-28-22(26)17-8-10-18(11-9-17)24-21(25)20-19(12-13-23-20)16-6-3-2-4-7-16/h8-11,16,19-20,23H,2-7,12-15H2,1H3,(H,24,25). The van der Waals surface area contributed by atoms with Crippen molar-refractivity contribution in [2.24, 2.45) is 11.8 Å². The molecular formula is C22H32N2O4. The number of anilines is 1. The summed E-state index contributed by atoms with van der Waals surface area (Å²) in [4.78, 5) is 24.8. The minimum atomic E-state index is -0.358. The topological polar surface area (TPSA) is 76.7 Å². The first-order chi connectivity index (χ1) is 13.7. The second kappa shape index (κ2) is 10.6. The molecule has 1 saturated carbocycles. The van der Waals surface area contributed by atoms with Crippen LogP contribution in [0.2, 0.25) is 0 Å². The van der Waals surface area contributed by atoms with E-state index < -0.39 is 0 Å². The largest absolute Gasteiger partial charge is 0.462 e. The third kappa shape index (κ3) is 5.55. The molecule has 1 heterocycles. The van der Waals surface area contributed by atoms with Gasteiger partial charge in [0.15, 0.2) is 0 Å². The number of hydrogen-bond donors (Lipinski definition) is 2. The maximum Gasteiger partial charge on any atom is 0.338 e. The molecule has 0 bridgehead atoms. The molecule has 6 heteroatoms. The fraction of sp³-hybridized carbons (Fsp3) is 0.636. The van der Waals surface area contributed by atoms with Gasteiger partial charge in [-0.15, -0.1) is 0 Å². The van der Waals surface area contributed by atoms with Crippen molar-refractivity contribution < 1.29 is 19.1 Å². The van der Waals surface area contributed by atoms with E-state index in [0.717, 1.165) is 13.0 Å². The third-order valence-electron chi connectivity index (χ3n) is 5.92. The van der Waals surface area contributed by atoms with E-state index in [0.29, 0.717) is 42.7 Å². The van der Waals surface area contributed by atoms with Crippen LogP contribution in [0.15, 0.2) is 24.3 Å². The van der Waals surface area contributed by atoms with E-state index in [1.807, 2.05) is 0 Å². The van der Waals surface area contributed by atoms with Crippen molar-refractivity contribution in [3.63, 3.8) is 0 Å². The average Bonchev–Trinajstić information content (AvgIpc) is 3.22. The fourth-order valence-electron chi connectivity index (χ4n) is 4.44. The third-order valence-corrected chi connectivity index (χ3v) is 5.92. The molecule has 6 nitrogen and oxygen atoms in total. The quantitative estimate of drug-likeness (QED) is 0.527. The van der Waals surface area contributed by atoms with E-state index in [9.17, 15) is 9.59 Å². The molecule has 1 aliphatic heterocycles. The molecule has 2 atom stereocenters. The van der Waals surface area contributed by atoms with E-state index in [1.165, 1.54) is 32.1 Å². The molecule has 2 fully saturated rings. The number of rotatable bonds is 8. The lowest BCUT2D eigenvalue weighted by atomic mass is 9.76. The lowest BCUT2D eigenvalue weighted by molar-refractivity contribution is -0.119. The van der Waals surface area contributed by atoms with Crippen molar-refractivity contribution in [3.8, 4) is 0 Å². The first-order valence-electron chi connectivity index (χ1n) is 10.5. The lowest BCUT2D eigenvalue weighted by Crippen LogP contribution is -2.42. The maximum atomic E-state index is 12.8. The van der Waals surface area contributed by atoms with E-state index in [1.54, 1.807) is 31.4 Å². The zero-order valence-corrected chi connectivity index (χ0v) is 16.7. The van der Waals surface area contributed by atoms with Crippen LogP contribution in [0.1, 0.15) is 55.3 Å². The highest BCUT2D eigenvalue weighted by molar-refractivity contribution is 5.96. The molecule has 3 rings (SSSR count). The highest BCUT2D eigenvalue weighted by atomic mass is 16.5. The Morgan fingerprint density at radius 2 is 1.82 bits per heavy atom. The molecule has 0 spiro atoms. The summed E-state index contributed by atoms with van der Waals surface area (Å²) in [5.41, 5.74) is 1.19. The number of methoxy groups -OCH3 is 1. The average molecular weight is 389 g/mol. The Morgan fingerprint density at radius 1 is 1.07 bits per heavy atom. The Hall–Kier alpha value is -1.92. The van der Waals surface area contributed by atoms with Gasteiger partial charge in [-0.25, -0.2) is 4.79 Å². The molecule has 1 aromatic rings. The zero-order valence-electron chi connectivity index (χ0n) is 16.7. The smallest absolute Gasteiger partial charge is 0.338 e. The Labute approximate surface area is 167 Å². The lowest BCUT2D eigenvalue weighted by Gasteiger charge is -2.30. The Balaban J connectivity index is 1.51.